The van der Waals surface area contributed by atoms with E-state index in [4.69, 9.17) is 14.5 Å². The van der Waals surface area contributed by atoms with Crippen LogP contribution in [0.2, 0.25) is 0 Å². The van der Waals surface area contributed by atoms with Gasteiger partial charge in [0.2, 0.25) is 0 Å². The Kier molecular flexibility index (Phi) is 8.00. The number of hydrogen-bond acceptors (Lipinski definition) is 7. The van der Waals surface area contributed by atoms with E-state index >= 15 is 0 Å². The zero-order chi connectivity index (χ0) is 22.3. The third-order valence-electron chi connectivity index (χ3n) is 6.73. The number of nitriles is 1. The lowest BCUT2D eigenvalue weighted by Crippen LogP contribution is -2.48. The molecule has 4 rings (SSSR count). The van der Waals surface area contributed by atoms with Crippen LogP contribution in [0.1, 0.15) is 43.5 Å². The van der Waals surface area contributed by atoms with Crippen molar-refractivity contribution < 1.29 is 9.47 Å². The van der Waals surface area contributed by atoms with Gasteiger partial charge < -0.3 is 14.4 Å². The first-order valence-corrected chi connectivity index (χ1v) is 11.9. The van der Waals surface area contributed by atoms with Crippen molar-refractivity contribution in [1.29, 1.82) is 5.26 Å². The van der Waals surface area contributed by atoms with Crippen molar-refractivity contribution in [3.63, 3.8) is 0 Å². The standard InChI is InChI=1S/C25H35N5O2/c1-20(2)29-13-11-28(12-14-29)8-3-4-15-32-23-5-9-30(10-6-23)25-21(18-26)17-22-19-31-16-7-24(22)27-25/h17,20,23H,5-16,19H2,1-2H3. The van der Waals surface area contributed by atoms with Crippen LogP contribution in [0.3, 0.4) is 0 Å². The summed E-state index contributed by atoms with van der Waals surface area (Å²) in [6.45, 7) is 13.3. The third kappa shape index (κ3) is 5.79. The minimum atomic E-state index is 0.228. The zero-order valence-corrected chi connectivity index (χ0v) is 19.5. The van der Waals surface area contributed by atoms with E-state index in [0.717, 1.165) is 82.2 Å². The van der Waals surface area contributed by atoms with E-state index in [-0.39, 0.29) is 6.10 Å². The van der Waals surface area contributed by atoms with Gasteiger partial charge in [-0.15, -0.1) is 0 Å². The summed E-state index contributed by atoms with van der Waals surface area (Å²) in [5.41, 5.74) is 2.77. The van der Waals surface area contributed by atoms with Crippen molar-refractivity contribution in [2.75, 3.05) is 63.9 Å². The highest BCUT2D eigenvalue weighted by atomic mass is 16.5. The maximum atomic E-state index is 9.60. The minimum Gasteiger partial charge on any atom is -0.376 e. The molecule has 7 nitrogen and oxygen atoms in total. The van der Waals surface area contributed by atoms with Gasteiger partial charge in [0.1, 0.15) is 18.5 Å². The van der Waals surface area contributed by atoms with Gasteiger partial charge in [-0.2, -0.15) is 5.26 Å². The number of anilines is 1. The van der Waals surface area contributed by atoms with Crippen LogP contribution >= 0.6 is 0 Å². The fourth-order valence-corrected chi connectivity index (χ4v) is 4.65. The van der Waals surface area contributed by atoms with E-state index in [9.17, 15) is 5.26 Å². The molecule has 0 unspecified atom stereocenters. The lowest BCUT2D eigenvalue weighted by atomic mass is 10.0. The number of hydrogen-bond donors (Lipinski definition) is 0. The number of fused-ring (bicyclic) bond motifs is 1. The van der Waals surface area contributed by atoms with Gasteiger partial charge in [-0.05, 0) is 32.8 Å². The van der Waals surface area contributed by atoms with E-state index < -0.39 is 0 Å². The molecule has 1 aromatic rings. The number of aromatic nitrogens is 1. The lowest BCUT2D eigenvalue weighted by molar-refractivity contribution is 0.0593. The Bertz CT molecular complexity index is 869. The average Bonchev–Trinajstić information content (AvgIpc) is 2.83. The molecule has 0 radical (unpaired) electrons. The summed E-state index contributed by atoms with van der Waals surface area (Å²) in [5.74, 6) is 7.31. The van der Waals surface area contributed by atoms with Gasteiger partial charge >= 0.3 is 0 Å². The van der Waals surface area contributed by atoms with E-state index in [1.807, 2.05) is 6.07 Å². The molecule has 0 spiro atoms. The van der Waals surface area contributed by atoms with Gasteiger partial charge in [0.25, 0.3) is 0 Å². The Morgan fingerprint density at radius 1 is 1.16 bits per heavy atom. The predicted octanol–water partition coefficient (Wildman–Crippen LogP) is 2.04. The van der Waals surface area contributed by atoms with E-state index in [2.05, 4.69) is 46.5 Å². The van der Waals surface area contributed by atoms with Crippen LogP contribution in [0.5, 0.6) is 0 Å². The Morgan fingerprint density at radius 2 is 1.94 bits per heavy atom. The lowest BCUT2D eigenvalue weighted by Gasteiger charge is -2.36. The summed E-state index contributed by atoms with van der Waals surface area (Å²) in [6.07, 6.45) is 2.92. The normalized spacial score (nSPS) is 20.5. The van der Waals surface area contributed by atoms with Crippen LogP contribution in [0, 0.1) is 23.2 Å². The number of nitrogens with zero attached hydrogens (tertiary/aromatic N) is 5. The van der Waals surface area contributed by atoms with Crippen LogP contribution in [0.4, 0.5) is 5.82 Å². The van der Waals surface area contributed by atoms with Crippen molar-refractivity contribution in [3.8, 4) is 17.9 Å². The Hall–Kier alpha value is -2.16. The third-order valence-corrected chi connectivity index (χ3v) is 6.73. The molecule has 3 aliphatic heterocycles. The van der Waals surface area contributed by atoms with Gasteiger partial charge in [0.05, 0.1) is 37.1 Å². The monoisotopic (exact) mass is 437 g/mol. The molecular formula is C25H35N5O2. The predicted molar refractivity (Wildman–Crippen MR) is 124 cm³/mol. The molecule has 0 saturated carbocycles. The Balaban J connectivity index is 1.20. The summed E-state index contributed by atoms with van der Waals surface area (Å²) < 4.78 is 11.5. The first-order chi connectivity index (χ1) is 15.6. The number of rotatable bonds is 5. The first kappa shape index (κ1) is 23.0. The van der Waals surface area contributed by atoms with Crippen LogP contribution in [-0.4, -0.2) is 86.0 Å². The zero-order valence-electron chi connectivity index (χ0n) is 19.5. The Labute approximate surface area is 192 Å². The molecule has 0 amide bonds. The van der Waals surface area contributed by atoms with Crippen LogP contribution in [-0.2, 0) is 22.5 Å². The maximum absolute atomic E-state index is 9.60. The number of pyridine rings is 1. The molecule has 2 saturated heterocycles. The summed E-state index contributed by atoms with van der Waals surface area (Å²) in [4.78, 5) is 12.0. The van der Waals surface area contributed by atoms with Crippen molar-refractivity contribution in [1.82, 2.24) is 14.8 Å². The summed E-state index contributed by atoms with van der Waals surface area (Å²) in [5, 5.41) is 9.60. The highest BCUT2D eigenvalue weighted by Crippen LogP contribution is 2.27. The highest BCUT2D eigenvalue weighted by Gasteiger charge is 2.24. The van der Waals surface area contributed by atoms with Crippen molar-refractivity contribution in [3.05, 3.63) is 22.9 Å². The van der Waals surface area contributed by atoms with Gasteiger partial charge in [-0.25, -0.2) is 4.98 Å². The second-order valence-corrected chi connectivity index (χ2v) is 9.14. The molecule has 0 bridgehead atoms. The molecule has 1 aromatic heterocycles. The molecule has 0 aliphatic carbocycles. The fraction of sp³-hybridized carbons (Fsp3) is 0.680. The summed E-state index contributed by atoms with van der Waals surface area (Å²) in [6, 6.07) is 4.91. The molecular weight excluding hydrogens is 402 g/mol. The number of piperazine rings is 1. The van der Waals surface area contributed by atoms with Crippen molar-refractivity contribution in [2.24, 2.45) is 0 Å². The molecule has 7 heteroatoms. The number of piperidine rings is 1. The molecule has 32 heavy (non-hydrogen) atoms. The van der Waals surface area contributed by atoms with Gasteiger partial charge in [0, 0.05) is 57.3 Å². The van der Waals surface area contributed by atoms with E-state index in [1.54, 1.807) is 0 Å². The fourth-order valence-electron chi connectivity index (χ4n) is 4.65. The van der Waals surface area contributed by atoms with E-state index in [0.29, 0.717) is 31.4 Å². The molecule has 3 aliphatic rings. The SMILES string of the molecule is CC(C)N1CCN(CC#CCOC2CCN(c3nc4c(cc3C#N)COCC4)CC2)CC1. The number of ether oxygens (including phenoxy) is 2. The van der Waals surface area contributed by atoms with Gasteiger partial charge in [-0.1, -0.05) is 11.8 Å². The van der Waals surface area contributed by atoms with Crippen LogP contribution in [0.25, 0.3) is 0 Å². The van der Waals surface area contributed by atoms with E-state index in [1.165, 1.54) is 0 Å². The quantitative estimate of drug-likeness (QED) is 0.653. The second kappa shape index (κ2) is 11.1. The molecule has 2 fully saturated rings. The maximum Gasteiger partial charge on any atom is 0.146 e. The molecule has 0 N–H and O–H groups in total. The van der Waals surface area contributed by atoms with Crippen LogP contribution in [0.15, 0.2) is 6.07 Å². The molecule has 0 aromatic carbocycles. The molecule has 172 valence electrons. The smallest absolute Gasteiger partial charge is 0.146 e. The second-order valence-electron chi connectivity index (χ2n) is 9.14. The average molecular weight is 438 g/mol. The summed E-state index contributed by atoms with van der Waals surface area (Å²) in [7, 11) is 0. The highest BCUT2D eigenvalue weighted by molar-refractivity contribution is 5.56. The molecule has 4 heterocycles. The van der Waals surface area contributed by atoms with Gasteiger partial charge in [-0.3, -0.25) is 9.80 Å². The molecule has 0 atom stereocenters. The summed E-state index contributed by atoms with van der Waals surface area (Å²) >= 11 is 0. The van der Waals surface area contributed by atoms with Crippen molar-refractivity contribution in [2.45, 2.75) is 51.9 Å². The minimum absolute atomic E-state index is 0.228. The Morgan fingerprint density at radius 3 is 2.66 bits per heavy atom. The van der Waals surface area contributed by atoms with Gasteiger partial charge in [0.15, 0.2) is 0 Å². The largest absolute Gasteiger partial charge is 0.376 e. The topological polar surface area (TPSA) is 64.9 Å². The first-order valence-electron chi connectivity index (χ1n) is 11.9. The van der Waals surface area contributed by atoms with Crippen molar-refractivity contribution >= 4 is 5.82 Å². The van der Waals surface area contributed by atoms with Crippen LogP contribution < -0.4 is 4.90 Å².